The van der Waals surface area contributed by atoms with Crippen molar-refractivity contribution in [2.24, 2.45) is 0 Å². The van der Waals surface area contributed by atoms with Gasteiger partial charge in [-0.2, -0.15) is 5.10 Å². The summed E-state index contributed by atoms with van der Waals surface area (Å²) in [5.41, 5.74) is 2.37. The van der Waals surface area contributed by atoms with Crippen LogP contribution in [0.15, 0.2) is 61.1 Å². The Balaban J connectivity index is 0.00000136. The summed E-state index contributed by atoms with van der Waals surface area (Å²) in [6.45, 7) is 4.63. The van der Waals surface area contributed by atoms with Crippen LogP contribution in [-0.4, -0.2) is 33.8 Å². The minimum atomic E-state index is -0.487. The molecule has 0 bridgehead atoms. The smallest absolute Gasteiger partial charge is 0.356 e. The number of hydrogen-bond acceptors (Lipinski definition) is 6. The van der Waals surface area contributed by atoms with Crippen molar-refractivity contribution in [3.8, 4) is 0 Å². The number of rotatable bonds is 6. The highest BCUT2D eigenvalue weighted by atomic mass is 16.5. The van der Waals surface area contributed by atoms with Crippen molar-refractivity contribution >= 4 is 11.9 Å². The second kappa shape index (κ2) is 10.6. The van der Waals surface area contributed by atoms with Gasteiger partial charge in [-0.1, -0.05) is 50.2 Å². The van der Waals surface area contributed by atoms with E-state index in [0.29, 0.717) is 12.1 Å². The third kappa shape index (κ3) is 5.77. The molecule has 146 valence electrons. The van der Waals surface area contributed by atoms with Crippen molar-refractivity contribution in [3.05, 3.63) is 83.4 Å². The zero-order valence-electron chi connectivity index (χ0n) is 16.2. The fraction of sp³-hybridized carbons (Fsp3) is 0.238. The molecule has 0 aliphatic heterocycles. The molecule has 3 aromatic rings. The van der Waals surface area contributed by atoms with Gasteiger partial charge >= 0.3 is 11.9 Å². The van der Waals surface area contributed by atoms with Crippen LogP contribution in [0.4, 0.5) is 0 Å². The van der Waals surface area contributed by atoms with Crippen LogP contribution in [0.1, 0.15) is 45.8 Å². The number of benzene rings is 1. The molecule has 28 heavy (non-hydrogen) atoms. The molecular formula is C21H23N3O4. The van der Waals surface area contributed by atoms with Gasteiger partial charge in [-0.3, -0.25) is 4.68 Å². The van der Waals surface area contributed by atoms with Crippen LogP contribution in [0.3, 0.4) is 0 Å². The van der Waals surface area contributed by atoms with Crippen LogP contribution in [0.25, 0.3) is 0 Å². The zero-order valence-corrected chi connectivity index (χ0v) is 16.2. The molecule has 7 nitrogen and oxygen atoms in total. The first-order chi connectivity index (χ1) is 13.7. The Kier molecular flexibility index (Phi) is 7.90. The lowest BCUT2D eigenvalue weighted by molar-refractivity contribution is 0.0472. The quantitative estimate of drug-likeness (QED) is 0.608. The molecule has 2 heterocycles. The summed E-state index contributed by atoms with van der Waals surface area (Å²) >= 11 is 0. The van der Waals surface area contributed by atoms with E-state index in [0.717, 1.165) is 11.1 Å². The molecule has 0 N–H and O–H groups in total. The van der Waals surface area contributed by atoms with Gasteiger partial charge in [0.05, 0.1) is 25.4 Å². The monoisotopic (exact) mass is 381 g/mol. The van der Waals surface area contributed by atoms with Crippen molar-refractivity contribution in [2.45, 2.75) is 27.0 Å². The highest BCUT2D eigenvalue weighted by Crippen LogP contribution is 2.08. The van der Waals surface area contributed by atoms with Gasteiger partial charge in [0.1, 0.15) is 12.3 Å². The van der Waals surface area contributed by atoms with Gasteiger partial charge in [0.15, 0.2) is 0 Å². The molecule has 1 aromatic carbocycles. The summed E-state index contributed by atoms with van der Waals surface area (Å²) in [6, 6.07) is 12.8. The second-order valence-corrected chi connectivity index (χ2v) is 5.53. The number of ether oxygens (including phenoxy) is 2. The zero-order chi connectivity index (χ0) is 20.4. The van der Waals surface area contributed by atoms with E-state index in [-0.39, 0.29) is 12.3 Å². The van der Waals surface area contributed by atoms with Crippen molar-refractivity contribution in [3.63, 3.8) is 0 Å². The maximum Gasteiger partial charge on any atom is 0.356 e. The van der Waals surface area contributed by atoms with Gasteiger partial charge in [0.2, 0.25) is 0 Å². The van der Waals surface area contributed by atoms with E-state index in [1.807, 2.05) is 44.2 Å². The molecule has 0 unspecified atom stereocenters. The van der Waals surface area contributed by atoms with Gasteiger partial charge in [-0.15, -0.1) is 0 Å². The largest absolute Gasteiger partial charge is 0.464 e. The summed E-state index contributed by atoms with van der Waals surface area (Å²) < 4.78 is 11.5. The Bertz CT molecular complexity index is 890. The Morgan fingerprint density at radius 2 is 1.71 bits per heavy atom. The topological polar surface area (TPSA) is 83.3 Å². The van der Waals surface area contributed by atoms with E-state index < -0.39 is 11.9 Å². The van der Waals surface area contributed by atoms with Crippen molar-refractivity contribution in [1.29, 1.82) is 0 Å². The molecule has 0 aliphatic rings. The van der Waals surface area contributed by atoms with E-state index in [9.17, 15) is 9.59 Å². The first kappa shape index (κ1) is 20.8. The fourth-order valence-electron chi connectivity index (χ4n) is 2.29. The Hall–Kier alpha value is -3.48. The second-order valence-electron chi connectivity index (χ2n) is 5.53. The van der Waals surface area contributed by atoms with Crippen LogP contribution < -0.4 is 0 Å². The van der Waals surface area contributed by atoms with Crippen LogP contribution in [-0.2, 0) is 22.6 Å². The number of hydrogen-bond donors (Lipinski definition) is 0. The van der Waals surface area contributed by atoms with Crippen molar-refractivity contribution in [2.75, 3.05) is 7.11 Å². The number of esters is 2. The first-order valence-electron chi connectivity index (χ1n) is 8.92. The van der Waals surface area contributed by atoms with E-state index in [1.165, 1.54) is 13.3 Å². The number of aromatic nitrogens is 3. The molecule has 0 aliphatic carbocycles. The molecule has 7 heteroatoms. The Labute approximate surface area is 163 Å². The molecule has 0 amide bonds. The summed E-state index contributed by atoms with van der Waals surface area (Å²) in [5.74, 6) is -0.918. The highest BCUT2D eigenvalue weighted by Gasteiger charge is 2.11. The molecule has 0 fully saturated rings. The van der Waals surface area contributed by atoms with Gasteiger partial charge in [-0.25, -0.2) is 14.6 Å². The fourth-order valence-corrected chi connectivity index (χ4v) is 2.29. The summed E-state index contributed by atoms with van der Waals surface area (Å²) in [6.07, 6.45) is 4.65. The summed E-state index contributed by atoms with van der Waals surface area (Å²) in [7, 11) is 1.31. The average molecular weight is 381 g/mol. The number of carbonyl (C=O) groups is 2. The maximum atomic E-state index is 12.1. The van der Waals surface area contributed by atoms with Gasteiger partial charge < -0.3 is 9.47 Å². The molecule has 0 spiro atoms. The molecule has 0 saturated carbocycles. The normalized spacial score (nSPS) is 9.82. The minimum Gasteiger partial charge on any atom is -0.464 e. The van der Waals surface area contributed by atoms with Crippen LogP contribution in [0.5, 0.6) is 0 Å². The lowest BCUT2D eigenvalue weighted by Gasteiger charge is -2.04. The Morgan fingerprint density at radius 1 is 0.964 bits per heavy atom. The molecule has 0 saturated heterocycles. The van der Waals surface area contributed by atoms with Gasteiger partial charge in [-0.05, 0) is 17.2 Å². The van der Waals surface area contributed by atoms with E-state index in [2.05, 4.69) is 14.8 Å². The molecule has 0 atom stereocenters. The lowest BCUT2D eigenvalue weighted by atomic mass is 10.2. The van der Waals surface area contributed by atoms with Crippen LogP contribution in [0.2, 0.25) is 0 Å². The SMILES string of the molecule is CC.COC(=O)c1ccc(Cn2cc(C(=O)OCc3ccccc3)cn2)cn1. The standard InChI is InChI=1S/C19H17N3O4.C2H6/c1-25-19(24)17-8-7-15(9-20-17)11-22-12-16(10-21-22)18(23)26-13-14-5-3-2-4-6-14;1-2/h2-10,12H,11,13H2,1H3;1-2H3. The van der Waals surface area contributed by atoms with Crippen molar-refractivity contribution in [1.82, 2.24) is 14.8 Å². The highest BCUT2D eigenvalue weighted by molar-refractivity contribution is 5.88. The third-order valence-corrected chi connectivity index (χ3v) is 3.65. The number of methoxy groups -OCH3 is 1. The van der Waals surface area contributed by atoms with E-state index >= 15 is 0 Å². The third-order valence-electron chi connectivity index (χ3n) is 3.65. The first-order valence-corrected chi connectivity index (χ1v) is 8.92. The molecule has 3 rings (SSSR count). The Morgan fingerprint density at radius 3 is 2.36 bits per heavy atom. The van der Waals surface area contributed by atoms with E-state index in [4.69, 9.17) is 4.74 Å². The van der Waals surface area contributed by atoms with Crippen LogP contribution in [0, 0.1) is 0 Å². The lowest BCUT2D eigenvalue weighted by Crippen LogP contribution is -2.06. The molecule has 2 aromatic heterocycles. The van der Waals surface area contributed by atoms with Crippen LogP contribution >= 0.6 is 0 Å². The molecule has 0 radical (unpaired) electrons. The average Bonchev–Trinajstić information content (AvgIpc) is 3.23. The van der Waals surface area contributed by atoms with Crippen molar-refractivity contribution < 1.29 is 19.1 Å². The number of pyridine rings is 1. The van der Waals surface area contributed by atoms with E-state index in [1.54, 1.807) is 29.2 Å². The number of nitrogens with zero attached hydrogens (tertiary/aromatic N) is 3. The van der Waals surface area contributed by atoms with Gasteiger partial charge in [0.25, 0.3) is 0 Å². The predicted octanol–water partition coefficient (Wildman–Crippen LogP) is 3.50. The minimum absolute atomic E-state index is 0.212. The summed E-state index contributed by atoms with van der Waals surface area (Å²) in [4.78, 5) is 27.5. The van der Waals surface area contributed by atoms with Gasteiger partial charge in [0, 0.05) is 12.4 Å². The predicted molar refractivity (Wildman–Crippen MR) is 104 cm³/mol. The number of carbonyl (C=O) groups excluding carboxylic acids is 2. The summed E-state index contributed by atoms with van der Waals surface area (Å²) in [5, 5.41) is 4.16. The maximum absolute atomic E-state index is 12.1. The molecular weight excluding hydrogens is 358 g/mol.